The van der Waals surface area contributed by atoms with Crippen molar-refractivity contribution in [2.45, 2.75) is 13.3 Å². The number of carbonyl (C=O) groups excluding carboxylic acids is 1. The quantitative estimate of drug-likeness (QED) is 0.784. The maximum Gasteiger partial charge on any atom is 0.229 e. The molecule has 1 atom stereocenters. The van der Waals surface area contributed by atoms with Gasteiger partial charge in [0.25, 0.3) is 0 Å². The van der Waals surface area contributed by atoms with Gasteiger partial charge in [0.15, 0.2) is 0 Å². The van der Waals surface area contributed by atoms with Gasteiger partial charge in [-0.3, -0.25) is 4.79 Å². The molecule has 1 heterocycles. The summed E-state index contributed by atoms with van der Waals surface area (Å²) in [4.78, 5) is 13.7. The van der Waals surface area contributed by atoms with Crippen LogP contribution in [0.1, 0.15) is 18.9 Å². The van der Waals surface area contributed by atoms with Gasteiger partial charge in [0.05, 0.1) is 11.6 Å². The molecule has 0 N–H and O–H groups in total. The third-order valence-corrected chi connectivity index (χ3v) is 3.86. The van der Waals surface area contributed by atoms with Crippen LogP contribution < -0.4 is 4.74 Å². The summed E-state index contributed by atoms with van der Waals surface area (Å²) >= 11 is 6.33. The Morgan fingerprint density at radius 2 is 2.14 bits per heavy atom. The first-order valence-electron chi connectivity index (χ1n) is 6.94. The van der Waals surface area contributed by atoms with Crippen molar-refractivity contribution in [3.05, 3.63) is 34.9 Å². The first-order valence-corrected chi connectivity index (χ1v) is 7.31. The summed E-state index contributed by atoms with van der Waals surface area (Å²) in [6.45, 7) is 2.94. The molecule has 0 spiro atoms. The number of ether oxygens (including phenoxy) is 2. The number of hydrogen-bond donors (Lipinski definition) is 0. The van der Waals surface area contributed by atoms with E-state index < -0.39 is 0 Å². The molecular formula is C16H20ClNO3. The summed E-state index contributed by atoms with van der Waals surface area (Å²) in [5, 5.41) is 0.574. The first-order chi connectivity index (χ1) is 10.0. The Labute approximate surface area is 130 Å². The Balaban J connectivity index is 2.19. The highest BCUT2D eigenvalue weighted by molar-refractivity contribution is 6.32. The summed E-state index contributed by atoms with van der Waals surface area (Å²) in [7, 11) is 3.41. The van der Waals surface area contributed by atoms with E-state index in [1.807, 2.05) is 19.1 Å². The number of carbonyl (C=O) groups is 1. The minimum atomic E-state index is 0.0224. The van der Waals surface area contributed by atoms with Crippen LogP contribution >= 0.6 is 11.6 Å². The molecule has 1 aromatic rings. The van der Waals surface area contributed by atoms with E-state index in [1.54, 1.807) is 25.1 Å². The summed E-state index contributed by atoms with van der Waals surface area (Å²) in [5.74, 6) is 0.831. The number of amides is 1. The highest BCUT2D eigenvalue weighted by atomic mass is 35.5. The van der Waals surface area contributed by atoms with E-state index in [9.17, 15) is 4.79 Å². The molecule has 0 aliphatic carbocycles. The van der Waals surface area contributed by atoms with Crippen molar-refractivity contribution in [2.24, 2.45) is 5.92 Å². The van der Waals surface area contributed by atoms with Crippen molar-refractivity contribution in [3.63, 3.8) is 0 Å². The van der Waals surface area contributed by atoms with Gasteiger partial charge in [-0.15, -0.1) is 0 Å². The molecule has 1 aliphatic rings. The smallest absolute Gasteiger partial charge is 0.229 e. The Bertz CT molecular complexity index is 556. The lowest BCUT2D eigenvalue weighted by atomic mass is 9.98. The molecule has 0 radical (unpaired) electrons. The van der Waals surface area contributed by atoms with Gasteiger partial charge in [-0.05, 0) is 24.6 Å². The first kappa shape index (κ1) is 15.9. The molecule has 1 aromatic carbocycles. The Morgan fingerprint density at radius 1 is 1.38 bits per heavy atom. The minimum absolute atomic E-state index is 0.0224. The lowest BCUT2D eigenvalue weighted by Crippen LogP contribution is -2.33. The van der Waals surface area contributed by atoms with Crippen molar-refractivity contribution in [3.8, 4) is 5.75 Å². The second-order valence-electron chi connectivity index (χ2n) is 5.11. The number of halogens is 1. The average Bonchev–Trinajstić information content (AvgIpc) is 2.46. The van der Waals surface area contributed by atoms with Gasteiger partial charge in [0, 0.05) is 31.3 Å². The third kappa shape index (κ3) is 3.57. The minimum Gasteiger partial charge on any atom is -0.491 e. The fourth-order valence-corrected chi connectivity index (χ4v) is 2.57. The number of allylic oxidation sites excluding steroid dienone is 1. The molecule has 1 amide bonds. The van der Waals surface area contributed by atoms with Crippen LogP contribution in [-0.2, 0) is 9.53 Å². The van der Waals surface area contributed by atoms with Crippen molar-refractivity contribution in [2.75, 3.05) is 27.4 Å². The van der Waals surface area contributed by atoms with E-state index in [4.69, 9.17) is 21.1 Å². The molecule has 0 aromatic heterocycles. The van der Waals surface area contributed by atoms with Crippen LogP contribution in [0.5, 0.6) is 5.75 Å². The summed E-state index contributed by atoms with van der Waals surface area (Å²) in [6, 6.07) is 5.51. The Kier molecular flexibility index (Phi) is 5.26. The molecule has 0 bridgehead atoms. The summed E-state index contributed by atoms with van der Waals surface area (Å²) < 4.78 is 10.5. The monoisotopic (exact) mass is 309 g/mol. The number of methoxy groups -OCH3 is 1. The van der Waals surface area contributed by atoms with Crippen LogP contribution in [0.15, 0.2) is 24.3 Å². The van der Waals surface area contributed by atoms with Crippen molar-refractivity contribution >= 4 is 23.2 Å². The molecule has 114 valence electrons. The molecule has 4 nitrogen and oxygen atoms in total. The number of benzene rings is 1. The predicted octanol–water partition coefficient (Wildman–Crippen LogP) is 3.20. The van der Waals surface area contributed by atoms with Gasteiger partial charge in [-0.1, -0.05) is 24.6 Å². The molecule has 0 saturated heterocycles. The van der Waals surface area contributed by atoms with Gasteiger partial charge >= 0.3 is 0 Å². The maximum atomic E-state index is 12.1. The Hall–Kier alpha value is -1.52. The zero-order valence-corrected chi connectivity index (χ0v) is 13.3. The van der Waals surface area contributed by atoms with Crippen molar-refractivity contribution in [1.82, 2.24) is 4.90 Å². The van der Waals surface area contributed by atoms with E-state index in [2.05, 4.69) is 6.08 Å². The largest absolute Gasteiger partial charge is 0.491 e. The molecule has 5 heteroatoms. The fraction of sp³-hybridized carbons (Fsp3) is 0.438. The van der Waals surface area contributed by atoms with Crippen LogP contribution in [0.25, 0.3) is 5.70 Å². The summed E-state index contributed by atoms with van der Waals surface area (Å²) in [5.41, 5.74) is 1.70. The predicted molar refractivity (Wildman–Crippen MR) is 83.4 cm³/mol. The zero-order valence-electron chi connectivity index (χ0n) is 12.6. The van der Waals surface area contributed by atoms with Gasteiger partial charge in [0.1, 0.15) is 12.4 Å². The lowest BCUT2D eigenvalue weighted by Gasteiger charge is -2.29. The highest BCUT2D eigenvalue weighted by Crippen LogP contribution is 2.33. The van der Waals surface area contributed by atoms with Gasteiger partial charge in [0.2, 0.25) is 5.91 Å². The van der Waals surface area contributed by atoms with Crippen LogP contribution in [0, 0.1) is 5.92 Å². The molecule has 21 heavy (non-hydrogen) atoms. The normalized spacial score (nSPS) is 18.7. The lowest BCUT2D eigenvalue weighted by molar-refractivity contribution is -0.131. The van der Waals surface area contributed by atoms with E-state index in [0.29, 0.717) is 24.0 Å². The zero-order chi connectivity index (χ0) is 15.4. The van der Waals surface area contributed by atoms with E-state index in [0.717, 1.165) is 17.7 Å². The number of hydrogen-bond acceptors (Lipinski definition) is 3. The molecule has 0 fully saturated rings. The van der Waals surface area contributed by atoms with Crippen LogP contribution in [0.2, 0.25) is 5.02 Å². The third-order valence-electron chi connectivity index (χ3n) is 3.55. The topological polar surface area (TPSA) is 38.8 Å². The second-order valence-corrected chi connectivity index (χ2v) is 5.51. The number of nitrogens with zero attached hydrogens (tertiary/aromatic N) is 1. The molecular weight excluding hydrogens is 290 g/mol. The van der Waals surface area contributed by atoms with Crippen LogP contribution in [0.4, 0.5) is 0 Å². The molecule has 2 rings (SSSR count). The van der Waals surface area contributed by atoms with Gasteiger partial charge in [-0.2, -0.15) is 0 Å². The van der Waals surface area contributed by atoms with Crippen LogP contribution in [0.3, 0.4) is 0 Å². The van der Waals surface area contributed by atoms with Gasteiger partial charge < -0.3 is 14.4 Å². The Morgan fingerprint density at radius 3 is 2.81 bits per heavy atom. The SMILES string of the molecule is COCCOc1ccc(C2=CCC(C)C(=O)N2C)c(Cl)c1. The second kappa shape index (κ2) is 6.96. The van der Waals surface area contributed by atoms with Crippen molar-refractivity contribution in [1.29, 1.82) is 0 Å². The molecule has 0 saturated carbocycles. The van der Waals surface area contributed by atoms with Gasteiger partial charge in [-0.25, -0.2) is 0 Å². The fourth-order valence-electron chi connectivity index (χ4n) is 2.30. The van der Waals surface area contributed by atoms with E-state index >= 15 is 0 Å². The highest BCUT2D eigenvalue weighted by Gasteiger charge is 2.26. The van der Waals surface area contributed by atoms with Crippen LogP contribution in [-0.4, -0.2) is 38.2 Å². The average molecular weight is 310 g/mol. The summed E-state index contributed by atoms with van der Waals surface area (Å²) in [6.07, 6.45) is 2.79. The van der Waals surface area contributed by atoms with Crippen molar-refractivity contribution < 1.29 is 14.3 Å². The molecule has 1 unspecified atom stereocenters. The van der Waals surface area contributed by atoms with E-state index in [-0.39, 0.29) is 11.8 Å². The number of rotatable bonds is 5. The standard InChI is InChI=1S/C16H20ClNO3/c1-11-4-7-15(18(2)16(11)19)13-6-5-12(10-14(13)17)21-9-8-20-3/h5-7,10-11H,4,8-9H2,1-3H3. The maximum absolute atomic E-state index is 12.1. The molecule has 1 aliphatic heterocycles. The van der Waals surface area contributed by atoms with E-state index in [1.165, 1.54) is 0 Å².